The van der Waals surface area contributed by atoms with Gasteiger partial charge in [-0.3, -0.25) is 4.79 Å². The molecule has 0 radical (unpaired) electrons. The Hall–Kier alpha value is -3.09. The number of amides is 1. The number of nitrogens with two attached hydrogens (primary N) is 1. The van der Waals surface area contributed by atoms with E-state index in [9.17, 15) is 35.9 Å². The second-order valence-electron chi connectivity index (χ2n) is 8.01. The highest BCUT2D eigenvalue weighted by Gasteiger charge is 2.53. The number of carbonyl (C=O) groups is 2. The first kappa shape index (κ1) is 23.1. The Bertz CT molecular complexity index is 1130. The van der Waals surface area contributed by atoms with Gasteiger partial charge in [-0.2, -0.15) is 13.2 Å². The number of aromatic nitrogens is 2. The summed E-state index contributed by atoms with van der Waals surface area (Å²) in [6.45, 7) is -0.0528. The van der Waals surface area contributed by atoms with Crippen molar-refractivity contribution < 1.29 is 40.7 Å². The SMILES string of the molecule is COC(=O)c1nc(C(F)(F)F)n2c1[C@H]1C[C@@H]2CN1C(=O)C[C@H](N)Cc1cc(F)c(F)cc1F. The Morgan fingerprint density at radius 1 is 1.21 bits per heavy atom. The maximum Gasteiger partial charge on any atom is 0.449 e. The van der Waals surface area contributed by atoms with E-state index in [2.05, 4.69) is 9.72 Å². The number of hydrogen-bond donors (Lipinski definition) is 1. The molecule has 2 aromatic rings. The number of hydrogen-bond acceptors (Lipinski definition) is 5. The summed E-state index contributed by atoms with van der Waals surface area (Å²) in [5.74, 6) is -6.45. The molecule has 3 heterocycles. The van der Waals surface area contributed by atoms with Crippen LogP contribution in [-0.2, 0) is 22.1 Å². The number of nitrogens with zero attached hydrogens (tertiary/aromatic N) is 3. The quantitative estimate of drug-likeness (QED) is 0.407. The lowest BCUT2D eigenvalue weighted by Gasteiger charge is -2.30. The van der Waals surface area contributed by atoms with Gasteiger partial charge in [0.15, 0.2) is 17.3 Å². The van der Waals surface area contributed by atoms with Gasteiger partial charge in [0.1, 0.15) is 5.82 Å². The number of rotatable bonds is 5. The van der Waals surface area contributed by atoms with Gasteiger partial charge in [-0.1, -0.05) is 0 Å². The molecule has 1 amide bonds. The molecule has 2 aliphatic heterocycles. The number of carbonyl (C=O) groups excluding carboxylic acids is 2. The van der Waals surface area contributed by atoms with Crippen molar-refractivity contribution in [2.45, 2.75) is 43.6 Å². The van der Waals surface area contributed by atoms with Crippen LogP contribution in [0.5, 0.6) is 0 Å². The highest BCUT2D eigenvalue weighted by molar-refractivity contribution is 5.89. The number of esters is 1. The number of imidazole rings is 1. The van der Waals surface area contributed by atoms with Crippen molar-refractivity contribution in [3.8, 4) is 0 Å². The summed E-state index contributed by atoms with van der Waals surface area (Å²) in [4.78, 5) is 29.6. The first-order valence-electron chi connectivity index (χ1n) is 9.88. The van der Waals surface area contributed by atoms with Crippen LogP contribution in [0.1, 0.15) is 52.5 Å². The third kappa shape index (κ3) is 3.94. The molecule has 0 saturated carbocycles. The van der Waals surface area contributed by atoms with Gasteiger partial charge in [-0.25, -0.2) is 22.9 Å². The molecule has 2 N–H and O–H groups in total. The van der Waals surface area contributed by atoms with E-state index in [1.165, 1.54) is 4.90 Å². The molecule has 1 aromatic heterocycles. The normalized spacial score (nSPS) is 20.2. The van der Waals surface area contributed by atoms with Crippen LogP contribution in [0.3, 0.4) is 0 Å². The van der Waals surface area contributed by atoms with Crippen molar-refractivity contribution in [3.05, 3.63) is 52.4 Å². The van der Waals surface area contributed by atoms with Crippen LogP contribution < -0.4 is 5.73 Å². The standard InChI is InChI=1S/C20H18F6N4O3/c1-33-18(32)16-17-14-5-10(30(17)19(28-16)20(24,25)26)7-29(14)15(31)4-9(27)2-8-3-12(22)13(23)6-11(8)21/h3,6,9-10,14H,2,4-5,7,27H2,1H3/t9-,10-,14-/m1/s1. The monoisotopic (exact) mass is 476 g/mol. The van der Waals surface area contributed by atoms with Crippen molar-refractivity contribution in [2.75, 3.05) is 13.7 Å². The molecule has 0 unspecified atom stereocenters. The lowest BCUT2D eigenvalue weighted by Crippen LogP contribution is -2.40. The van der Waals surface area contributed by atoms with Crippen LogP contribution >= 0.6 is 0 Å². The molecule has 33 heavy (non-hydrogen) atoms. The van der Waals surface area contributed by atoms with Gasteiger partial charge in [0.25, 0.3) is 0 Å². The fraction of sp³-hybridized carbons (Fsp3) is 0.450. The second-order valence-corrected chi connectivity index (χ2v) is 8.01. The summed E-state index contributed by atoms with van der Waals surface area (Å²) in [6, 6.07) is -1.51. The summed E-state index contributed by atoms with van der Waals surface area (Å²) in [5.41, 5.74) is 5.14. The molecule has 1 fully saturated rings. The van der Waals surface area contributed by atoms with Crippen molar-refractivity contribution in [1.29, 1.82) is 0 Å². The Labute approximate surface area is 183 Å². The zero-order chi connectivity index (χ0) is 24.2. The maximum absolute atomic E-state index is 13.9. The van der Waals surface area contributed by atoms with Crippen LogP contribution in [0.25, 0.3) is 0 Å². The van der Waals surface area contributed by atoms with Gasteiger partial charge in [0.05, 0.1) is 24.9 Å². The molecule has 13 heteroatoms. The average Bonchev–Trinajstić information content (AvgIpc) is 3.41. The molecule has 7 nitrogen and oxygen atoms in total. The van der Waals surface area contributed by atoms with Gasteiger partial charge in [0, 0.05) is 25.1 Å². The van der Waals surface area contributed by atoms with Gasteiger partial charge in [0.2, 0.25) is 11.7 Å². The molecule has 4 rings (SSSR count). The molecule has 178 valence electrons. The van der Waals surface area contributed by atoms with E-state index in [0.29, 0.717) is 12.1 Å². The van der Waals surface area contributed by atoms with Gasteiger partial charge < -0.3 is 19.9 Å². The molecule has 1 saturated heterocycles. The van der Waals surface area contributed by atoms with Crippen molar-refractivity contribution in [1.82, 2.24) is 14.5 Å². The number of methoxy groups -OCH3 is 1. The Morgan fingerprint density at radius 2 is 1.88 bits per heavy atom. The number of ether oxygens (including phenoxy) is 1. The highest BCUT2D eigenvalue weighted by Crippen LogP contribution is 2.50. The van der Waals surface area contributed by atoms with Crippen LogP contribution in [0.15, 0.2) is 12.1 Å². The predicted molar refractivity (Wildman–Crippen MR) is 99.3 cm³/mol. The first-order chi connectivity index (χ1) is 15.4. The molecule has 0 aliphatic carbocycles. The Kier molecular flexibility index (Phi) is 5.63. The smallest absolute Gasteiger partial charge is 0.449 e. The van der Waals surface area contributed by atoms with E-state index >= 15 is 0 Å². The lowest BCUT2D eigenvalue weighted by molar-refractivity contribution is -0.148. The minimum atomic E-state index is -4.81. The summed E-state index contributed by atoms with van der Waals surface area (Å²) in [6.07, 6.45) is -5.24. The third-order valence-electron chi connectivity index (χ3n) is 5.87. The first-order valence-corrected chi connectivity index (χ1v) is 9.88. The zero-order valence-electron chi connectivity index (χ0n) is 17.1. The number of halogens is 6. The maximum atomic E-state index is 13.9. The van der Waals surface area contributed by atoms with Gasteiger partial charge in [-0.15, -0.1) is 0 Å². The van der Waals surface area contributed by atoms with Crippen molar-refractivity contribution >= 4 is 11.9 Å². The zero-order valence-corrected chi connectivity index (χ0v) is 17.1. The number of fused-ring (bicyclic) bond motifs is 5. The van der Waals surface area contributed by atoms with E-state index in [1.807, 2.05) is 0 Å². The molecule has 1 aromatic carbocycles. The molecule has 2 aliphatic rings. The number of alkyl halides is 3. The van der Waals surface area contributed by atoms with E-state index in [-0.39, 0.29) is 37.1 Å². The van der Waals surface area contributed by atoms with Crippen molar-refractivity contribution in [2.24, 2.45) is 5.73 Å². The Balaban J connectivity index is 1.54. The van der Waals surface area contributed by atoms with E-state index in [1.54, 1.807) is 0 Å². The second kappa shape index (κ2) is 8.04. The van der Waals surface area contributed by atoms with Crippen LogP contribution in [0, 0.1) is 17.5 Å². The number of likely N-dealkylation sites (tertiary alicyclic amines) is 1. The molecular formula is C20H18F6N4O3. The molecule has 0 spiro atoms. The fourth-order valence-corrected chi connectivity index (χ4v) is 4.53. The van der Waals surface area contributed by atoms with Crippen LogP contribution in [0.2, 0.25) is 0 Å². The summed E-state index contributed by atoms with van der Waals surface area (Å²) in [7, 11) is 1.01. The molecule has 2 bridgehead atoms. The predicted octanol–water partition coefficient (Wildman–Crippen LogP) is 2.89. The fourth-order valence-electron chi connectivity index (χ4n) is 4.53. The van der Waals surface area contributed by atoms with Gasteiger partial charge in [-0.05, 0) is 24.5 Å². The number of benzene rings is 1. The third-order valence-corrected chi connectivity index (χ3v) is 5.87. The van der Waals surface area contributed by atoms with Crippen LogP contribution in [0.4, 0.5) is 26.3 Å². The molecular weight excluding hydrogens is 458 g/mol. The minimum Gasteiger partial charge on any atom is -0.464 e. The van der Waals surface area contributed by atoms with Crippen molar-refractivity contribution in [3.63, 3.8) is 0 Å². The average molecular weight is 476 g/mol. The van der Waals surface area contributed by atoms with Gasteiger partial charge >= 0.3 is 12.1 Å². The minimum absolute atomic E-state index is 0.0528. The lowest BCUT2D eigenvalue weighted by atomic mass is 10.0. The summed E-state index contributed by atoms with van der Waals surface area (Å²) in [5, 5.41) is 0. The van der Waals surface area contributed by atoms with E-state index in [4.69, 9.17) is 5.73 Å². The summed E-state index contributed by atoms with van der Waals surface area (Å²) >= 11 is 0. The highest BCUT2D eigenvalue weighted by atomic mass is 19.4. The largest absolute Gasteiger partial charge is 0.464 e. The van der Waals surface area contributed by atoms with Crippen LogP contribution in [-0.4, -0.2) is 46.0 Å². The topological polar surface area (TPSA) is 90.5 Å². The van der Waals surface area contributed by atoms with E-state index < -0.39 is 65.1 Å². The van der Waals surface area contributed by atoms with E-state index in [0.717, 1.165) is 11.7 Å². The summed E-state index contributed by atoms with van der Waals surface area (Å²) < 4.78 is 86.2. The molecule has 3 atom stereocenters. The Morgan fingerprint density at radius 3 is 2.52 bits per heavy atom.